The van der Waals surface area contributed by atoms with E-state index in [1.165, 1.54) is 6.07 Å². The molecule has 0 aliphatic heterocycles. The first-order chi connectivity index (χ1) is 6.45. The van der Waals surface area contributed by atoms with Crippen molar-refractivity contribution in [3.05, 3.63) is 16.5 Å². The van der Waals surface area contributed by atoms with E-state index in [1.807, 2.05) is 0 Å². The highest BCUT2D eigenvalue weighted by Crippen LogP contribution is 2.25. The Balaban J connectivity index is 2.86. The van der Waals surface area contributed by atoms with E-state index in [0.29, 0.717) is 4.34 Å². The minimum Gasteiger partial charge on any atom is -0.329 e. The molecule has 7 heteroatoms. The summed E-state index contributed by atoms with van der Waals surface area (Å²) in [6, 6.07) is 2.74. The molecule has 0 saturated carbocycles. The van der Waals surface area contributed by atoms with Gasteiger partial charge in [-0.3, -0.25) is 0 Å². The van der Waals surface area contributed by atoms with Gasteiger partial charge in [0.25, 0.3) is 0 Å². The summed E-state index contributed by atoms with van der Waals surface area (Å²) in [5, 5.41) is 0. The van der Waals surface area contributed by atoms with Gasteiger partial charge in [-0.25, -0.2) is 13.1 Å². The Kier molecular flexibility index (Phi) is 3.91. The number of hydrogen-bond donors (Lipinski definition) is 2. The van der Waals surface area contributed by atoms with Crippen LogP contribution in [0.15, 0.2) is 16.3 Å². The maximum absolute atomic E-state index is 11.6. The topological polar surface area (TPSA) is 72.2 Å². The normalized spacial score (nSPS) is 14.2. The molecule has 0 unspecified atom stereocenters. The monoisotopic (exact) mass is 254 g/mol. The van der Waals surface area contributed by atoms with Crippen LogP contribution in [0.3, 0.4) is 0 Å². The summed E-state index contributed by atoms with van der Waals surface area (Å²) in [6.07, 6.45) is 0. The average molecular weight is 255 g/mol. The van der Waals surface area contributed by atoms with Crippen LogP contribution in [0.25, 0.3) is 0 Å². The molecule has 1 heterocycles. The molecule has 1 aromatic heterocycles. The molecule has 14 heavy (non-hydrogen) atoms. The van der Waals surface area contributed by atoms with Crippen LogP contribution >= 0.6 is 22.9 Å². The van der Waals surface area contributed by atoms with Crippen LogP contribution in [0.2, 0.25) is 4.34 Å². The highest BCUT2D eigenvalue weighted by atomic mass is 35.5. The SMILES string of the molecule is C[C@@H](CN)NS(=O)(=O)c1ccc(Cl)s1. The highest BCUT2D eigenvalue weighted by Gasteiger charge is 2.18. The van der Waals surface area contributed by atoms with Crippen molar-refractivity contribution in [3.63, 3.8) is 0 Å². The van der Waals surface area contributed by atoms with Crippen LogP contribution < -0.4 is 10.5 Å². The number of nitrogens with one attached hydrogen (secondary N) is 1. The molecule has 3 N–H and O–H groups in total. The molecule has 1 aromatic rings. The van der Waals surface area contributed by atoms with Crippen LogP contribution in [0.4, 0.5) is 0 Å². The lowest BCUT2D eigenvalue weighted by Crippen LogP contribution is -2.37. The van der Waals surface area contributed by atoms with Crippen LogP contribution in [-0.4, -0.2) is 21.0 Å². The quantitative estimate of drug-likeness (QED) is 0.843. The van der Waals surface area contributed by atoms with Crippen molar-refractivity contribution < 1.29 is 8.42 Å². The van der Waals surface area contributed by atoms with Crippen molar-refractivity contribution in [2.45, 2.75) is 17.2 Å². The maximum Gasteiger partial charge on any atom is 0.250 e. The Morgan fingerprint density at radius 1 is 1.64 bits per heavy atom. The predicted octanol–water partition coefficient (Wildman–Crippen LogP) is 1.03. The van der Waals surface area contributed by atoms with E-state index in [0.717, 1.165) is 11.3 Å². The number of hydrogen-bond acceptors (Lipinski definition) is 4. The van der Waals surface area contributed by atoms with Gasteiger partial charge in [-0.15, -0.1) is 11.3 Å². The number of thiophene rings is 1. The second kappa shape index (κ2) is 4.59. The van der Waals surface area contributed by atoms with Gasteiger partial charge in [-0.2, -0.15) is 0 Å². The van der Waals surface area contributed by atoms with Gasteiger partial charge in [0.1, 0.15) is 4.21 Å². The molecular formula is C7H11ClN2O2S2. The number of halogens is 1. The molecular weight excluding hydrogens is 244 g/mol. The van der Waals surface area contributed by atoms with Crippen LogP contribution in [0.1, 0.15) is 6.92 Å². The molecule has 0 aliphatic rings. The smallest absolute Gasteiger partial charge is 0.250 e. The van der Waals surface area contributed by atoms with E-state index in [-0.39, 0.29) is 16.8 Å². The van der Waals surface area contributed by atoms with Gasteiger partial charge in [0.05, 0.1) is 4.34 Å². The molecule has 0 fully saturated rings. The Labute approximate surface area is 92.1 Å². The van der Waals surface area contributed by atoms with Crippen LogP contribution in [-0.2, 0) is 10.0 Å². The van der Waals surface area contributed by atoms with Gasteiger partial charge in [0.2, 0.25) is 10.0 Å². The fraction of sp³-hybridized carbons (Fsp3) is 0.429. The Bertz CT molecular complexity index is 402. The fourth-order valence-corrected chi connectivity index (χ4v) is 3.57. The van der Waals surface area contributed by atoms with Crippen LogP contribution in [0, 0.1) is 0 Å². The third-order valence-electron chi connectivity index (χ3n) is 1.52. The van der Waals surface area contributed by atoms with Crippen molar-refractivity contribution in [1.82, 2.24) is 4.72 Å². The number of rotatable bonds is 4. The lowest BCUT2D eigenvalue weighted by Gasteiger charge is -2.09. The van der Waals surface area contributed by atoms with Gasteiger partial charge >= 0.3 is 0 Å². The summed E-state index contributed by atoms with van der Waals surface area (Å²) in [6.45, 7) is 1.96. The van der Waals surface area contributed by atoms with Gasteiger partial charge < -0.3 is 5.73 Å². The van der Waals surface area contributed by atoms with Crippen molar-refractivity contribution in [2.75, 3.05) is 6.54 Å². The molecule has 80 valence electrons. The number of nitrogens with two attached hydrogens (primary N) is 1. The summed E-state index contributed by atoms with van der Waals surface area (Å²) >= 11 is 6.66. The van der Waals surface area contributed by atoms with E-state index in [2.05, 4.69) is 4.72 Å². The van der Waals surface area contributed by atoms with E-state index >= 15 is 0 Å². The highest BCUT2D eigenvalue weighted by molar-refractivity contribution is 7.91. The largest absolute Gasteiger partial charge is 0.329 e. The molecule has 1 rings (SSSR count). The van der Waals surface area contributed by atoms with E-state index < -0.39 is 10.0 Å². The predicted molar refractivity (Wildman–Crippen MR) is 58.2 cm³/mol. The second-order valence-electron chi connectivity index (χ2n) is 2.82. The molecule has 0 saturated heterocycles. The van der Waals surface area contributed by atoms with E-state index in [1.54, 1.807) is 13.0 Å². The molecule has 0 spiro atoms. The zero-order valence-electron chi connectivity index (χ0n) is 7.53. The Morgan fingerprint density at radius 2 is 2.29 bits per heavy atom. The molecule has 0 amide bonds. The molecule has 0 aliphatic carbocycles. The first-order valence-corrected chi connectivity index (χ1v) is 6.61. The first kappa shape index (κ1) is 11.9. The summed E-state index contributed by atoms with van der Waals surface area (Å²) < 4.78 is 26.3. The maximum atomic E-state index is 11.6. The number of sulfonamides is 1. The summed E-state index contributed by atoms with van der Waals surface area (Å²) in [5.41, 5.74) is 5.31. The lowest BCUT2D eigenvalue weighted by atomic mass is 10.4. The third kappa shape index (κ3) is 2.93. The van der Waals surface area contributed by atoms with Crippen molar-refractivity contribution in [3.8, 4) is 0 Å². The fourth-order valence-electron chi connectivity index (χ4n) is 0.813. The van der Waals surface area contributed by atoms with Gasteiger partial charge in [0, 0.05) is 12.6 Å². The molecule has 1 atom stereocenters. The van der Waals surface area contributed by atoms with Crippen molar-refractivity contribution in [1.29, 1.82) is 0 Å². The first-order valence-electron chi connectivity index (χ1n) is 3.93. The Morgan fingerprint density at radius 3 is 2.71 bits per heavy atom. The van der Waals surface area contributed by atoms with Gasteiger partial charge in [0.15, 0.2) is 0 Å². The summed E-state index contributed by atoms with van der Waals surface area (Å²) in [7, 11) is -3.45. The molecule has 0 bridgehead atoms. The minimum atomic E-state index is -3.45. The van der Waals surface area contributed by atoms with E-state index in [4.69, 9.17) is 17.3 Å². The molecule has 0 radical (unpaired) electrons. The minimum absolute atomic E-state index is 0.211. The van der Waals surface area contributed by atoms with Crippen LogP contribution in [0.5, 0.6) is 0 Å². The van der Waals surface area contributed by atoms with Crippen molar-refractivity contribution in [2.24, 2.45) is 5.73 Å². The Hall–Kier alpha value is -0.140. The summed E-state index contributed by atoms with van der Waals surface area (Å²) in [4.78, 5) is 0. The standard InChI is InChI=1S/C7H11ClN2O2S2/c1-5(4-9)10-14(11,12)7-3-2-6(8)13-7/h2-3,5,10H,4,9H2,1H3/t5-/m0/s1. The van der Waals surface area contributed by atoms with Crippen molar-refractivity contribution >= 4 is 33.0 Å². The summed E-state index contributed by atoms with van der Waals surface area (Å²) in [5.74, 6) is 0. The lowest BCUT2D eigenvalue weighted by molar-refractivity contribution is 0.564. The molecule has 0 aromatic carbocycles. The third-order valence-corrected chi connectivity index (χ3v) is 4.84. The van der Waals surface area contributed by atoms with Gasteiger partial charge in [-0.05, 0) is 19.1 Å². The second-order valence-corrected chi connectivity index (χ2v) is 6.47. The zero-order chi connectivity index (χ0) is 10.8. The average Bonchev–Trinajstić information content (AvgIpc) is 2.51. The van der Waals surface area contributed by atoms with Gasteiger partial charge in [-0.1, -0.05) is 11.6 Å². The van der Waals surface area contributed by atoms with E-state index in [9.17, 15) is 8.42 Å². The molecule has 4 nitrogen and oxygen atoms in total. The zero-order valence-corrected chi connectivity index (χ0v) is 9.92.